The molecule has 0 unspecified atom stereocenters. The third-order valence-electron chi connectivity index (χ3n) is 3.00. The molecule has 2 N–H and O–H groups in total. The molecule has 0 bridgehead atoms. The quantitative estimate of drug-likeness (QED) is 0.867. The molecule has 1 heterocycles. The van der Waals surface area contributed by atoms with Gasteiger partial charge in [-0.1, -0.05) is 37.3 Å². The van der Waals surface area contributed by atoms with E-state index in [1.165, 1.54) is 6.26 Å². The molecule has 0 radical (unpaired) electrons. The third-order valence-corrected chi connectivity index (χ3v) is 3.00. The zero-order valence-electron chi connectivity index (χ0n) is 10.8. The molecular formula is C15H17NO3. The van der Waals surface area contributed by atoms with E-state index in [0.29, 0.717) is 6.42 Å². The second-order valence-corrected chi connectivity index (χ2v) is 4.29. The van der Waals surface area contributed by atoms with Gasteiger partial charge in [-0.15, -0.1) is 0 Å². The summed E-state index contributed by atoms with van der Waals surface area (Å²) < 4.78 is 5.28. The highest BCUT2D eigenvalue weighted by Gasteiger charge is 2.18. The van der Waals surface area contributed by atoms with Crippen LogP contribution in [-0.2, 0) is 0 Å². The lowest BCUT2D eigenvalue weighted by Gasteiger charge is -2.13. The predicted molar refractivity (Wildman–Crippen MR) is 72.8 cm³/mol. The summed E-state index contributed by atoms with van der Waals surface area (Å²) in [6, 6.07) is 11.1. The maximum absolute atomic E-state index is 12.1. The monoisotopic (exact) mass is 259 g/mol. The summed E-state index contributed by atoms with van der Waals surface area (Å²) in [6.07, 6.45) is 2.17. The number of aliphatic hydroxyl groups is 1. The van der Waals surface area contributed by atoms with Crippen LogP contribution in [0.5, 0.6) is 0 Å². The number of nitrogens with one attached hydrogen (secondary N) is 1. The van der Waals surface area contributed by atoms with Crippen molar-refractivity contribution in [2.45, 2.75) is 19.4 Å². The van der Waals surface area contributed by atoms with E-state index < -0.39 is 0 Å². The zero-order chi connectivity index (χ0) is 13.7. The molecule has 2 rings (SSSR count). The molecule has 0 saturated carbocycles. The molecule has 1 aromatic heterocycles. The van der Waals surface area contributed by atoms with Crippen LogP contribution in [0.15, 0.2) is 47.1 Å². The largest absolute Gasteiger partial charge is 0.459 e. The summed E-state index contributed by atoms with van der Waals surface area (Å²) in [7, 11) is 0. The first-order chi connectivity index (χ1) is 9.26. The Labute approximate surface area is 112 Å². The topological polar surface area (TPSA) is 62.5 Å². The van der Waals surface area contributed by atoms with Gasteiger partial charge in [0, 0.05) is 5.56 Å². The smallest absolute Gasteiger partial charge is 0.287 e. The van der Waals surface area contributed by atoms with E-state index in [-0.39, 0.29) is 24.3 Å². The van der Waals surface area contributed by atoms with Crippen molar-refractivity contribution in [2.24, 2.45) is 0 Å². The number of aliphatic hydroxyl groups excluding tert-OH is 1. The molecule has 0 fully saturated rings. The molecule has 2 aromatic rings. The summed E-state index contributed by atoms with van der Waals surface area (Å²) in [5.41, 5.74) is 1.68. The minimum atomic E-state index is -0.301. The van der Waals surface area contributed by atoms with E-state index in [1.54, 1.807) is 6.07 Å². The average Bonchev–Trinajstić information content (AvgIpc) is 2.95. The average molecular weight is 259 g/mol. The van der Waals surface area contributed by atoms with Crippen LogP contribution in [-0.4, -0.2) is 23.7 Å². The molecule has 0 aliphatic carbocycles. The van der Waals surface area contributed by atoms with Crippen molar-refractivity contribution in [3.8, 4) is 11.1 Å². The molecule has 19 heavy (non-hydrogen) atoms. The lowest BCUT2D eigenvalue weighted by molar-refractivity contribution is 0.0888. The molecule has 4 heteroatoms. The SMILES string of the molecule is CC[C@H](CO)NC(=O)c1occc1-c1ccccc1. The van der Waals surface area contributed by atoms with E-state index >= 15 is 0 Å². The fourth-order valence-corrected chi connectivity index (χ4v) is 1.86. The van der Waals surface area contributed by atoms with Crippen LogP contribution in [0.1, 0.15) is 23.9 Å². The first kappa shape index (κ1) is 13.4. The zero-order valence-corrected chi connectivity index (χ0v) is 10.8. The lowest BCUT2D eigenvalue weighted by Crippen LogP contribution is -2.36. The number of rotatable bonds is 5. The Morgan fingerprint density at radius 3 is 2.68 bits per heavy atom. The molecule has 0 spiro atoms. The van der Waals surface area contributed by atoms with Crippen molar-refractivity contribution in [1.82, 2.24) is 5.32 Å². The van der Waals surface area contributed by atoms with Crippen LogP contribution < -0.4 is 5.32 Å². The Bertz CT molecular complexity index is 529. The number of benzene rings is 1. The molecular weight excluding hydrogens is 242 g/mol. The summed E-state index contributed by atoms with van der Waals surface area (Å²) >= 11 is 0. The van der Waals surface area contributed by atoms with E-state index in [9.17, 15) is 4.79 Å². The van der Waals surface area contributed by atoms with Gasteiger partial charge in [0.15, 0.2) is 5.76 Å². The van der Waals surface area contributed by atoms with Gasteiger partial charge in [0.1, 0.15) is 0 Å². The summed E-state index contributed by atoms with van der Waals surface area (Å²) in [4.78, 5) is 12.1. The first-order valence-corrected chi connectivity index (χ1v) is 6.31. The van der Waals surface area contributed by atoms with Crippen molar-refractivity contribution < 1.29 is 14.3 Å². The number of carbonyl (C=O) groups is 1. The fraction of sp³-hybridized carbons (Fsp3) is 0.267. The maximum Gasteiger partial charge on any atom is 0.287 e. The predicted octanol–water partition coefficient (Wildman–Crippen LogP) is 2.45. The number of carbonyl (C=O) groups excluding carboxylic acids is 1. The van der Waals surface area contributed by atoms with Crippen molar-refractivity contribution in [3.63, 3.8) is 0 Å². The molecule has 0 aliphatic heterocycles. The van der Waals surface area contributed by atoms with Crippen LogP contribution in [0, 0.1) is 0 Å². The summed E-state index contributed by atoms with van der Waals surface area (Å²) in [5.74, 6) is -0.0251. The third kappa shape index (κ3) is 3.03. The molecule has 1 aromatic carbocycles. The Morgan fingerprint density at radius 1 is 1.32 bits per heavy atom. The van der Waals surface area contributed by atoms with Gasteiger partial charge in [-0.2, -0.15) is 0 Å². The molecule has 100 valence electrons. The van der Waals surface area contributed by atoms with E-state index in [2.05, 4.69) is 5.32 Å². The van der Waals surface area contributed by atoms with Gasteiger partial charge in [0.25, 0.3) is 5.91 Å². The number of hydrogen-bond acceptors (Lipinski definition) is 3. The van der Waals surface area contributed by atoms with Gasteiger partial charge < -0.3 is 14.8 Å². The van der Waals surface area contributed by atoms with Crippen molar-refractivity contribution >= 4 is 5.91 Å². The minimum Gasteiger partial charge on any atom is -0.459 e. The lowest BCUT2D eigenvalue weighted by atomic mass is 10.1. The summed E-state index contributed by atoms with van der Waals surface area (Å²) in [6.45, 7) is 1.82. The minimum absolute atomic E-state index is 0.0797. The van der Waals surface area contributed by atoms with Gasteiger partial charge in [-0.3, -0.25) is 4.79 Å². The molecule has 0 aliphatic rings. The van der Waals surface area contributed by atoms with Crippen LogP contribution in [0.25, 0.3) is 11.1 Å². The molecule has 0 saturated heterocycles. The fourth-order valence-electron chi connectivity index (χ4n) is 1.86. The highest BCUT2D eigenvalue weighted by molar-refractivity contribution is 5.98. The van der Waals surface area contributed by atoms with E-state index in [1.807, 2.05) is 37.3 Å². The molecule has 1 atom stereocenters. The van der Waals surface area contributed by atoms with E-state index in [0.717, 1.165) is 11.1 Å². The van der Waals surface area contributed by atoms with Gasteiger partial charge in [-0.25, -0.2) is 0 Å². The van der Waals surface area contributed by atoms with Crippen molar-refractivity contribution in [2.75, 3.05) is 6.61 Å². The molecule has 4 nitrogen and oxygen atoms in total. The number of amides is 1. The second-order valence-electron chi connectivity index (χ2n) is 4.29. The van der Waals surface area contributed by atoms with Crippen molar-refractivity contribution in [3.05, 3.63) is 48.4 Å². The Balaban J connectivity index is 2.23. The highest BCUT2D eigenvalue weighted by Crippen LogP contribution is 2.24. The number of furan rings is 1. The van der Waals surface area contributed by atoms with Crippen LogP contribution >= 0.6 is 0 Å². The Kier molecular flexibility index (Phi) is 4.36. The maximum atomic E-state index is 12.1. The Hall–Kier alpha value is -2.07. The second kappa shape index (κ2) is 6.20. The summed E-state index contributed by atoms with van der Waals surface area (Å²) in [5, 5.41) is 11.9. The van der Waals surface area contributed by atoms with Crippen LogP contribution in [0.2, 0.25) is 0 Å². The van der Waals surface area contributed by atoms with Gasteiger partial charge >= 0.3 is 0 Å². The Morgan fingerprint density at radius 2 is 2.05 bits per heavy atom. The first-order valence-electron chi connectivity index (χ1n) is 6.31. The number of hydrogen-bond donors (Lipinski definition) is 2. The molecule has 1 amide bonds. The van der Waals surface area contributed by atoms with Gasteiger partial charge in [0.05, 0.1) is 18.9 Å². The normalized spacial score (nSPS) is 12.1. The van der Waals surface area contributed by atoms with Crippen LogP contribution in [0.4, 0.5) is 0 Å². The highest BCUT2D eigenvalue weighted by atomic mass is 16.3. The van der Waals surface area contributed by atoms with Gasteiger partial charge in [-0.05, 0) is 18.1 Å². The standard InChI is InChI=1S/C15H17NO3/c1-2-12(10-17)16-15(18)14-13(8-9-19-14)11-6-4-3-5-7-11/h3-9,12,17H,2,10H2,1H3,(H,16,18)/t12-/m1/s1. The van der Waals surface area contributed by atoms with Gasteiger partial charge in [0.2, 0.25) is 0 Å². The van der Waals surface area contributed by atoms with E-state index in [4.69, 9.17) is 9.52 Å². The van der Waals surface area contributed by atoms with Crippen molar-refractivity contribution in [1.29, 1.82) is 0 Å². The van der Waals surface area contributed by atoms with Crippen LogP contribution in [0.3, 0.4) is 0 Å².